The first-order valence-corrected chi connectivity index (χ1v) is 14.4. The van der Waals surface area contributed by atoms with Gasteiger partial charge in [-0.2, -0.15) is 5.10 Å². The highest BCUT2D eigenvalue weighted by atomic mass is 16.5. The lowest BCUT2D eigenvalue weighted by atomic mass is 9.99. The summed E-state index contributed by atoms with van der Waals surface area (Å²) in [6.07, 6.45) is 5.12. The van der Waals surface area contributed by atoms with E-state index >= 15 is 0 Å². The lowest BCUT2D eigenvalue weighted by molar-refractivity contribution is -0.122. The Balaban J connectivity index is 1.19. The van der Waals surface area contributed by atoms with Gasteiger partial charge in [0.1, 0.15) is 0 Å². The van der Waals surface area contributed by atoms with Gasteiger partial charge in [-0.25, -0.2) is 9.97 Å². The third-order valence-electron chi connectivity index (χ3n) is 8.38. The number of aromatic amines is 1. The molecule has 3 N–H and O–H groups in total. The summed E-state index contributed by atoms with van der Waals surface area (Å²) in [7, 11) is 1.89. The van der Waals surface area contributed by atoms with Crippen molar-refractivity contribution in [3.63, 3.8) is 0 Å². The summed E-state index contributed by atoms with van der Waals surface area (Å²) in [4.78, 5) is 41.2. The van der Waals surface area contributed by atoms with Gasteiger partial charge < -0.3 is 25.3 Å². The normalized spacial score (nSPS) is 15.2. The van der Waals surface area contributed by atoms with Gasteiger partial charge in [-0.3, -0.25) is 14.3 Å². The van der Waals surface area contributed by atoms with Gasteiger partial charge in [0.05, 0.1) is 23.4 Å². The zero-order chi connectivity index (χ0) is 29.7. The van der Waals surface area contributed by atoms with E-state index in [1.807, 2.05) is 69.6 Å². The molecule has 2 aromatic carbocycles. The van der Waals surface area contributed by atoms with Crippen LogP contribution < -0.4 is 15.5 Å². The van der Waals surface area contributed by atoms with E-state index in [0.717, 1.165) is 44.7 Å². The standard InChI is InChI=1S/C32H32N8O3/c1-18-15-34-32(36-27-14-19(2)39(3)38-27)37-28(18)23-16-33-29-21(23)6-5-9-26(29)40-17-24-22(31(40)42)7-4-8-25(24)35-30(41)20-10-12-43-13-11-20/h4-9,14-16,20,33H,10-13,17H2,1-3H3,(H,35,41)(H,34,36,37,38). The summed E-state index contributed by atoms with van der Waals surface area (Å²) < 4.78 is 7.20. The number of para-hydroxylation sites is 1. The van der Waals surface area contributed by atoms with E-state index in [0.29, 0.717) is 55.6 Å². The van der Waals surface area contributed by atoms with E-state index in [4.69, 9.17) is 9.72 Å². The van der Waals surface area contributed by atoms with Crippen molar-refractivity contribution in [3.8, 4) is 11.3 Å². The Kier molecular flexibility index (Phi) is 6.66. The molecule has 11 nitrogen and oxygen atoms in total. The van der Waals surface area contributed by atoms with Crippen molar-refractivity contribution in [3.05, 3.63) is 77.2 Å². The highest BCUT2D eigenvalue weighted by Crippen LogP contribution is 2.39. The molecule has 0 aliphatic carbocycles. The Morgan fingerprint density at radius 1 is 1.09 bits per heavy atom. The second-order valence-corrected chi connectivity index (χ2v) is 11.1. The summed E-state index contributed by atoms with van der Waals surface area (Å²) in [6.45, 7) is 5.50. The topological polar surface area (TPSA) is 130 Å². The van der Waals surface area contributed by atoms with E-state index in [9.17, 15) is 9.59 Å². The SMILES string of the molecule is Cc1cnc(Nc2cc(C)n(C)n2)nc1-c1c[nH]c2c(N3Cc4c(NC(=O)C5CCOCC5)cccc4C3=O)cccc12. The van der Waals surface area contributed by atoms with Crippen molar-refractivity contribution >= 4 is 45.9 Å². The maximum Gasteiger partial charge on any atom is 0.259 e. The lowest BCUT2D eigenvalue weighted by Crippen LogP contribution is -2.29. The molecule has 2 aliphatic heterocycles. The predicted octanol–water partition coefficient (Wildman–Crippen LogP) is 5.24. The first-order valence-electron chi connectivity index (χ1n) is 14.4. The van der Waals surface area contributed by atoms with Crippen molar-refractivity contribution < 1.29 is 14.3 Å². The van der Waals surface area contributed by atoms with Crippen LogP contribution in [-0.4, -0.2) is 49.8 Å². The smallest absolute Gasteiger partial charge is 0.259 e. The van der Waals surface area contributed by atoms with E-state index in [2.05, 4.69) is 25.7 Å². The van der Waals surface area contributed by atoms with Crippen LogP contribution in [0.2, 0.25) is 0 Å². The van der Waals surface area contributed by atoms with Crippen LogP contribution in [0.3, 0.4) is 0 Å². The molecule has 0 saturated carbocycles. The van der Waals surface area contributed by atoms with Crippen LogP contribution in [0.25, 0.3) is 22.2 Å². The second kappa shape index (κ2) is 10.7. The van der Waals surface area contributed by atoms with Crippen LogP contribution >= 0.6 is 0 Å². The zero-order valence-electron chi connectivity index (χ0n) is 24.3. The van der Waals surface area contributed by atoms with Crippen molar-refractivity contribution in [2.45, 2.75) is 33.2 Å². The van der Waals surface area contributed by atoms with Crippen molar-refractivity contribution in [1.29, 1.82) is 0 Å². The van der Waals surface area contributed by atoms with E-state index in [1.165, 1.54) is 0 Å². The lowest BCUT2D eigenvalue weighted by Gasteiger charge is -2.22. The minimum absolute atomic E-state index is 0.0222. The molecule has 1 fully saturated rings. The van der Waals surface area contributed by atoms with Crippen molar-refractivity contribution in [2.75, 3.05) is 28.7 Å². The molecule has 1 saturated heterocycles. The van der Waals surface area contributed by atoms with Gasteiger partial charge in [0.2, 0.25) is 11.9 Å². The summed E-state index contributed by atoms with van der Waals surface area (Å²) in [5, 5.41) is 11.7. The van der Waals surface area contributed by atoms with Gasteiger partial charge in [0.25, 0.3) is 5.91 Å². The van der Waals surface area contributed by atoms with E-state index in [-0.39, 0.29) is 17.7 Å². The largest absolute Gasteiger partial charge is 0.381 e. The molecule has 2 aliphatic rings. The van der Waals surface area contributed by atoms with Crippen LogP contribution in [-0.2, 0) is 23.1 Å². The number of hydrogen-bond donors (Lipinski definition) is 3. The molecule has 0 unspecified atom stereocenters. The van der Waals surface area contributed by atoms with Crippen LogP contribution in [0.4, 0.5) is 23.1 Å². The molecule has 0 radical (unpaired) electrons. The van der Waals surface area contributed by atoms with Gasteiger partial charge in [0.15, 0.2) is 5.82 Å². The molecule has 3 aromatic heterocycles. The number of hydrogen-bond acceptors (Lipinski definition) is 7. The van der Waals surface area contributed by atoms with Gasteiger partial charge in [-0.15, -0.1) is 0 Å². The molecule has 5 aromatic rings. The Labute approximate surface area is 248 Å². The molecule has 0 spiro atoms. The molecule has 2 amide bonds. The van der Waals surface area contributed by atoms with Gasteiger partial charge in [-0.1, -0.05) is 18.2 Å². The molecule has 43 heavy (non-hydrogen) atoms. The van der Waals surface area contributed by atoms with Crippen molar-refractivity contribution in [2.24, 2.45) is 13.0 Å². The quantitative estimate of drug-likeness (QED) is 0.252. The molecular formula is C32H32N8O3. The molecule has 5 heterocycles. The molecular weight excluding hydrogens is 544 g/mol. The van der Waals surface area contributed by atoms with E-state index < -0.39 is 0 Å². The third kappa shape index (κ3) is 4.81. The Bertz CT molecular complexity index is 1870. The van der Waals surface area contributed by atoms with Gasteiger partial charge in [0, 0.05) is 78.1 Å². The number of H-pyrrole nitrogens is 1. The minimum atomic E-state index is -0.101. The number of ether oxygens (including phenoxy) is 1. The summed E-state index contributed by atoms with van der Waals surface area (Å²) in [6, 6.07) is 13.4. The molecule has 7 rings (SSSR count). The van der Waals surface area contributed by atoms with Gasteiger partial charge in [-0.05, 0) is 50.5 Å². The summed E-state index contributed by atoms with van der Waals surface area (Å²) >= 11 is 0. The number of rotatable bonds is 6. The summed E-state index contributed by atoms with van der Waals surface area (Å²) in [5.41, 5.74) is 7.33. The number of aryl methyl sites for hydroxylation is 3. The number of aromatic nitrogens is 5. The summed E-state index contributed by atoms with van der Waals surface area (Å²) in [5.74, 6) is 0.913. The number of amides is 2. The number of nitrogens with one attached hydrogen (secondary N) is 3. The predicted molar refractivity (Wildman–Crippen MR) is 164 cm³/mol. The first-order chi connectivity index (χ1) is 20.9. The van der Waals surface area contributed by atoms with Crippen molar-refractivity contribution in [1.82, 2.24) is 24.7 Å². The first kappa shape index (κ1) is 26.8. The van der Waals surface area contributed by atoms with Crippen LogP contribution in [0, 0.1) is 19.8 Å². The molecule has 11 heteroatoms. The van der Waals surface area contributed by atoms with Crippen LogP contribution in [0.5, 0.6) is 0 Å². The highest BCUT2D eigenvalue weighted by molar-refractivity contribution is 6.15. The second-order valence-electron chi connectivity index (χ2n) is 11.1. The molecule has 0 bridgehead atoms. The monoisotopic (exact) mass is 576 g/mol. The highest BCUT2D eigenvalue weighted by Gasteiger charge is 2.33. The number of carbonyl (C=O) groups is 2. The average molecular weight is 577 g/mol. The Morgan fingerprint density at radius 3 is 2.70 bits per heavy atom. The maximum atomic E-state index is 13.7. The number of anilines is 4. The number of nitrogens with zero attached hydrogens (tertiary/aromatic N) is 5. The maximum absolute atomic E-state index is 13.7. The fourth-order valence-electron chi connectivity index (χ4n) is 5.91. The Hall–Kier alpha value is -5.03. The number of carbonyl (C=O) groups excluding carboxylic acids is 2. The van der Waals surface area contributed by atoms with Crippen LogP contribution in [0.15, 0.2) is 54.9 Å². The number of fused-ring (bicyclic) bond motifs is 2. The third-order valence-corrected chi connectivity index (χ3v) is 8.38. The van der Waals surface area contributed by atoms with Crippen LogP contribution in [0.1, 0.15) is 40.0 Å². The molecule has 0 atom stereocenters. The van der Waals surface area contributed by atoms with Gasteiger partial charge >= 0.3 is 0 Å². The van der Waals surface area contributed by atoms with E-state index in [1.54, 1.807) is 15.8 Å². The fraction of sp³-hybridized carbons (Fsp3) is 0.281. The number of benzene rings is 2. The minimum Gasteiger partial charge on any atom is -0.381 e. The zero-order valence-corrected chi connectivity index (χ0v) is 24.3. The fourth-order valence-corrected chi connectivity index (χ4v) is 5.91. The Morgan fingerprint density at radius 2 is 1.91 bits per heavy atom. The average Bonchev–Trinajstić information content (AvgIpc) is 3.69. The molecule has 218 valence electrons.